The van der Waals surface area contributed by atoms with Crippen LogP contribution in [0, 0.1) is 6.92 Å². The minimum Gasteiger partial charge on any atom is -0.341 e. The van der Waals surface area contributed by atoms with Gasteiger partial charge in [0, 0.05) is 25.7 Å². The Hall–Kier alpha value is -2.21. The number of rotatable bonds is 5. The third-order valence-corrected chi connectivity index (χ3v) is 4.71. The van der Waals surface area contributed by atoms with Crippen molar-refractivity contribution in [3.8, 4) is 0 Å². The first kappa shape index (κ1) is 16.6. The summed E-state index contributed by atoms with van der Waals surface area (Å²) in [5, 5.41) is 7.56. The third-order valence-electron chi connectivity index (χ3n) is 4.71. The molecule has 0 bridgehead atoms. The van der Waals surface area contributed by atoms with E-state index >= 15 is 0 Å². The van der Waals surface area contributed by atoms with E-state index in [1.54, 1.807) is 0 Å². The molecule has 24 heavy (non-hydrogen) atoms. The summed E-state index contributed by atoms with van der Waals surface area (Å²) in [6.45, 7) is 4.30. The van der Waals surface area contributed by atoms with Crippen molar-refractivity contribution in [3.63, 3.8) is 0 Å². The lowest BCUT2D eigenvalue weighted by molar-refractivity contribution is -0.132. The van der Waals surface area contributed by atoms with Crippen LogP contribution in [0.2, 0.25) is 0 Å². The first-order valence-electron chi connectivity index (χ1n) is 8.43. The fourth-order valence-electron chi connectivity index (χ4n) is 3.21. The van der Waals surface area contributed by atoms with Gasteiger partial charge in [0.15, 0.2) is 0 Å². The normalized spacial score (nSPS) is 18.1. The van der Waals surface area contributed by atoms with Crippen LogP contribution in [0.1, 0.15) is 29.8 Å². The van der Waals surface area contributed by atoms with Gasteiger partial charge in [-0.2, -0.15) is 0 Å². The van der Waals surface area contributed by atoms with Gasteiger partial charge in [-0.1, -0.05) is 40.6 Å². The Morgan fingerprint density at radius 1 is 1.33 bits per heavy atom. The number of nitrogens with zero attached hydrogens (tertiary/aromatic N) is 4. The van der Waals surface area contributed by atoms with Crippen LogP contribution in [-0.2, 0) is 17.8 Å². The van der Waals surface area contributed by atoms with Crippen molar-refractivity contribution in [1.29, 1.82) is 0 Å². The summed E-state index contributed by atoms with van der Waals surface area (Å²) in [4.78, 5) is 16.8. The molecule has 1 aliphatic heterocycles. The third kappa shape index (κ3) is 4.00. The zero-order valence-corrected chi connectivity index (χ0v) is 14.3. The Balaban J connectivity index is 1.57. The average molecular weight is 328 g/mol. The molecule has 1 saturated heterocycles. The van der Waals surface area contributed by atoms with Crippen molar-refractivity contribution < 1.29 is 9.42 Å². The van der Waals surface area contributed by atoms with Crippen molar-refractivity contribution in [2.45, 2.75) is 38.8 Å². The maximum Gasteiger partial charge on any atom is 0.228 e. The van der Waals surface area contributed by atoms with E-state index in [-0.39, 0.29) is 12.3 Å². The number of piperidine rings is 1. The van der Waals surface area contributed by atoms with Crippen LogP contribution < -0.4 is 0 Å². The molecule has 6 nitrogen and oxygen atoms in total. The average Bonchev–Trinajstić information content (AvgIpc) is 3.00. The summed E-state index contributed by atoms with van der Waals surface area (Å²) >= 11 is 0. The maximum atomic E-state index is 12.5. The highest BCUT2D eigenvalue weighted by Crippen LogP contribution is 2.18. The number of carbonyl (C=O) groups is 1. The standard InChI is InChI=1S/C18H24N4O2/c1-14-17(20-24-19-14)11-18(23)22-10-6-9-16(13-22)21(2)12-15-7-4-3-5-8-15/h3-5,7-8,16H,6,9-13H2,1-2H3/t16-/m0/s1. The summed E-state index contributed by atoms with van der Waals surface area (Å²) in [5.41, 5.74) is 2.63. The number of hydrogen-bond acceptors (Lipinski definition) is 5. The highest BCUT2D eigenvalue weighted by molar-refractivity contribution is 5.78. The largest absolute Gasteiger partial charge is 0.341 e. The zero-order valence-electron chi connectivity index (χ0n) is 14.3. The fraction of sp³-hybridized carbons (Fsp3) is 0.500. The second-order valence-corrected chi connectivity index (χ2v) is 6.51. The van der Waals surface area contributed by atoms with Gasteiger partial charge in [-0.3, -0.25) is 9.69 Å². The molecule has 0 spiro atoms. The van der Waals surface area contributed by atoms with Crippen LogP contribution in [-0.4, -0.2) is 52.2 Å². The van der Waals surface area contributed by atoms with Crippen molar-refractivity contribution >= 4 is 5.91 Å². The molecular weight excluding hydrogens is 304 g/mol. The maximum absolute atomic E-state index is 12.5. The number of amides is 1. The van der Waals surface area contributed by atoms with Gasteiger partial charge in [-0.25, -0.2) is 4.63 Å². The van der Waals surface area contributed by atoms with Gasteiger partial charge < -0.3 is 4.90 Å². The van der Waals surface area contributed by atoms with Crippen molar-refractivity contribution in [2.24, 2.45) is 0 Å². The van der Waals surface area contributed by atoms with E-state index in [4.69, 9.17) is 0 Å². The predicted molar refractivity (Wildman–Crippen MR) is 90.3 cm³/mol. The van der Waals surface area contributed by atoms with Crippen molar-refractivity contribution in [1.82, 2.24) is 20.1 Å². The molecule has 6 heteroatoms. The summed E-state index contributed by atoms with van der Waals surface area (Å²) in [6, 6.07) is 10.8. The SMILES string of the molecule is Cc1nonc1CC(=O)N1CCC[C@H](N(C)Cc2ccccc2)C1. The molecule has 2 aromatic rings. The fourth-order valence-corrected chi connectivity index (χ4v) is 3.21. The lowest BCUT2D eigenvalue weighted by atomic mass is 10.0. The highest BCUT2D eigenvalue weighted by atomic mass is 16.6. The van der Waals surface area contributed by atoms with Gasteiger partial charge in [-0.15, -0.1) is 0 Å². The minimum atomic E-state index is 0.103. The van der Waals surface area contributed by atoms with Gasteiger partial charge in [0.05, 0.1) is 6.42 Å². The number of carbonyl (C=O) groups excluding carboxylic acids is 1. The first-order valence-corrected chi connectivity index (χ1v) is 8.43. The van der Waals surface area contributed by atoms with E-state index in [1.165, 1.54) is 5.56 Å². The van der Waals surface area contributed by atoms with Gasteiger partial charge in [0.1, 0.15) is 11.4 Å². The Bertz CT molecular complexity index is 671. The topological polar surface area (TPSA) is 62.5 Å². The molecule has 2 heterocycles. The molecule has 0 saturated carbocycles. The molecule has 0 unspecified atom stereocenters. The van der Waals surface area contributed by atoms with Gasteiger partial charge in [0.2, 0.25) is 5.91 Å². The van der Waals surface area contributed by atoms with Crippen molar-refractivity contribution in [2.75, 3.05) is 20.1 Å². The van der Waals surface area contributed by atoms with Crippen LogP contribution in [0.3, 0.4) is 0 Å². The van der Waals surface area contributed by atoms with Crippen LogP contribution >= 0.6 is 0 Å². The zero-order chi connectivity index (χ0) is 16.9. The van der Waals surface area contributed by atoms with Crippen LogP contribution in [0.15, 0.2) is 35.0 Å². The van der Waals surface area contributed by atoms with Crippen molar-refractivity contribution in [3.05, 3.63) is 47.3 Å². The second kappa shape index (κ2) is 7.57. The molecule has 128 valence electrons. The van der Waals surface area contributed by atoms with Gasteiger partial charge in [-0.05, 0) is 32.4 Å². The molecule has 1 atom stereocenters. The number of aryl methyl sites for hydroxylation is 1. The van der Waals surface area contributed by atoms with Crippen LogP contribution in [0.25, 0.3) is 0 Å². The number of hydrogen-bond donors (Lipinski definition) is 0. The summed E-state index contributed by atoms with van der Waals surface area (Å²) < 4.78 is 4.68. The summed E-state index contributed by atoms with van der Waals surface area (Å²) in [6.07, 6.45) is 2.42. The second-order valence-electron chi connectivity index (χ2n) is 6.51. The molecule has 1 aromatic carbocycles. The smallest absolute Gasteiger partial charge is 0.228 e. The van der Waals surface area contributed by atoms with E-state index in [0.717, 1.165) is 32.5 Å². The van der Waals surface area contributed by atoms with E-state index in [0.29, 0.717) is 17.4 Å². The number of benzene rings is 1. The number of likely N-dealkylation sites (tertiary alicyclic amines) is 1. The van der Waals surface area contributed by atoms with E-state index in [9.17, 15) is 4.79 Å². The van der Waals surface area contributed by atoms with Gasteiger partial charge >= 0.3 is 0 Å². The minimum absolute atomic E-state index is 0.103. The molecule has 1 fully saturated rings. The summed E-state index contributed by atoms with van der Waals surface area (Å²) in [5.74, 6) is 0.103. The molecule has 0 N–H and O–H groups in total. The number of aromatic nitrogens is 2. The molecule has 3 rings (SSSR count). The first-order chi connectivity index (χ1) is 11.6. The van der Waals surface area contributed by atoms with E-state index < -0.39 is 0 Å². The Labute approximate surface area is 142 Å². The van der Waals surface area contributed by atoms with E-state index in [2.05, 4.69) is 51.2 Å². The lowest BCUT2D eigenvalue weighted by Gasteiger charge is -2.37. The van der Waals surface area contributed by atoms with E-state index in [1.807, 2.05) is 17.9 Å². The summed E-state index contributed by atoms with van der Waals surface area (Å²) in [7, 11) is 2.14. The number of likely N-dealkylation sites (N-methyl/N-ethyl adjacent to an activating group) is 1. The molecule has 0 aliphatic carbocycles. The molecular formula is C18H24N4O2. The Morgan fingerprint density at radius 2 is 2.12 bits per heavy atom. The lowest BCUT2D eigenvalue weighted by Crippen LogP contribution is -2.48. The molecule has 1 amide bonds. The van der Waals surface area contributed by atoms with Crippen LogP contribution in [0.5, 0.6) is 0 Å². The Morgan fingerprint density at radius 3 is 2.83 bits per heavy atom. The highest BCUT2D eigenvalue weighted by Gasteiger charge is 2.27. The van der Waals surface area contributed by atoms with Crippen LogP contribution in [0.4, 0.5) is 0 Å². The predicted octanol–water partition coefficient (Wildman–Crippen LogP) is 2.04. The monoisotopic (exact) mass is 328 g/mol. The quantitative estimate of drug-likeness (QED) is 0.840. The Kier molecular flexibility index (Phi) is 5.25. The molecule has 0 radical (unpaired) electrons. The molecule has 1 aromatic heterocycles. The van der Waals surface area contributed by atoms with Gasteiger partial charge in [0.25, 0.3) is 0 Å². The molecule has 1 aliphatic rings.